The first-order valence-electron chi connectivity index (χ1n) is 13.5. The molecule has 0 unspecified atom stereocenters. The monoisotopic (exact) mass is 488 g/mol. The number of rotatable bonds is 7. The highest BCUT2D eigenvalue weighted by atomic mass is 16.4. The Labute approximate surface area is 209 Å². The van der Waals surface area contributed by atoms with E-state index in [0.29, 0.717) is 0 Å². The summed E-state index contributed by atoms with van der Waals surface area (Å²) in [4.78, 5) is 36.6. The Balaban J connectivity index is 1.60. The molecule has 0 spiro atoms. The van der Waals surface area contributed by atoms with Crippen molar-refractivity contribution < 1.29 is 29.7 Å². The van der Waals surface area contributed by atoms with Crippen LogP contribution in [0, 0.1) is 39.4 Å². The Morgan fingerprint density at radius 2 is 1.63 bits per heavy atom. The van der Waals surface area contributed by atoms with E-state index in [0.717, 1.165) is 51.4 Å². The summed E-state index contributed by atoms with van der Waals surface area (Å²) in [6.45, 7) is 12.3. The fraction of sp³-hybridized carbons (Fsp3) is 0.828. The van der Waals surface area contributed by atoms with Gasteiger partial charge in [-0.2, -0.15) is 0 Å². The molecule has 196 valence electrons. The molecular formula is C29H44O6. The van der Waals surface area contributed by atoms with Crippen molar-refractivity contribution in [2.24, 2.45) is 39.4 Å². The van der Waals surface area contributed by atoms with Crippen LogP contribution in [0.1, 0.15) is 106 Å². The summed E-state index contributed by atoms with van der Waals surface area (Å²) in [5.41, 5.74) is 0.481. The van der Waals surface area contributed by atoms with Crippen molar-refractivity contribution in [1.82, 2.24) is 0 Å². The number of aliphatic carboxylic acids is 2. The van der Waals surface area contributed by atoms with E-state index < -0.39 is 23.0 Å². The number of fused-ring (bicyclic) bond motifs is 4. The van der Waals surface area contributed by atoms with Crippen molar-refractivity contribution in [3.8, 4) is 0 Å². The number of carbonyl (C=O) groups excluding carboxylic acids is 1. The maximum atomic E-state index is 13.2. The van der Waals surface area contributed by atoms with Gasteiger partial charge >= 0.3 is 11.9 Å². The van der Waals surface area contributed by atoms with Crippen LogP contribution < -0.4 is 0 Å². The van der Waals surface area contributed by atoms with Gasteiger partial charge in [0.25, 0.3) is 0 Å². The summed E-state index contributed by atoms with van der Waals surface area (Å²) in [5.74, 6) is -1.67. The van der Waals surface area contributed by atoms with Crippen LogP contribution in [0.25, 0.3) is 0 Å². The third-order valence-corrected chi connectivity index (χ3v) is 12.0. The van der Waals surface area contributed by atoms with E-state index in [-0.39, 0.29) is 52.6 Å². The molecule has 6 heteroatoms. The Morgan fingerprint density at radius 1 is 0.971 bits per heavy atom. The summed E-state index contributed by atoms with van der Waals surface area (Å²) in [6, 6.07) is 0. The lowest BCUT2D eigenvalue weighted by atomic mass is 9.47. The molecule has 0 amide bonds. The van der Waals surface area contributed by atoms with Gasteiger partial charge in [-0.25, -0.2) is 4.79 Å². The second-order valence-corrected chi connectivity index (χ2v) is 13.4. The number of carbonyl (C=O) groups is 3. The standard InChI is InChI=1S/C29H44O6/c1-17(21(30)11-14-29(6,35)24(33)34)18-9-12-28(5)20-7-8-22-25(2,15-16-26(22,3)23(31)32)19(20)10-13-27(18,28)4/h17-18,22,35H,7-16H2,1-6H3,(H,31,32)(H,33,34)/t17-,18+,22+,25+,26+,27+,28-,29-/m0/s1. The zero-order chi connectivity index (χ0) is 26.2. The zero-order valence-electron chi connectivity index (χ0n) is 22.4. The molecule has 2 saturated carbocycles. The molecule has 3 N–H and O–H groups in total. The van der Waals surface area contributed by atoms with E-state index in [1.807, 2.05) is 13.8 Å². The zero-order valence-corrected chi connectivity index (χ0v) is 22.4. The van der Waals surface area contributed by atoms with Crippen molar-refractivity contribution in [2.75, 3.05) is 0 Å². The molecule has 0 saturated heterocycles. The fourth-order valence-electron chi connectivity index (χ4n) is 9.18. The van der Waals surface area contributed by atoms with Crippen LogP contribution in [0.3, 0.4) is 0 Å². The van der Waals surface area contributed by atoms with Crippen LogP contribution >= 0.6 is 0 Å². The van der Waals surface area contributed by atoms with Crippen molar-refractivity contribution in [1.29, 1.82) is 0 Å². The maximum Gasteiger partial charge on any atom is 0.335 e. The Kier molecular flexibility index (Phi) is 6.15. The fourth-order valence-corrected chi connectivity index (χ4v) is 9.18. The number of aliphatic hydroxyl groups is 1. The normalized spacial score (nSPS) is 43.1. The Hall–Kier alpha value is -1.69. The highest BCUT2D eigenvalue weighted by molar-refractivity contribution is 5.83. The van der Waals surface area contributed by atoms with E-state index in [1.165, 1.54) is 12.5 Å². The third-order valence-electron chi connectivity index (χ3n) is 12.0. The van der Waals surface area contributed by atoms with Gasteiger partial charge in [0.05, 0.1) is 5.41 Å². The van der Waals surface area contributed by atoms with Crippen molar-refractivity contribution in [3.05, 3.63) is 11.1 Å². The molecule has 35 heavy (non-hydrogen) atoms. The summed E-state index contributed by atoms with van der Waals surface area (Å²) < 4.78 is 0. The molecular weight excluding hydrogens is 444 g/mol. The largest absolute Gasteiger partial charge is 0.481 e. The van der Waals surface area contributed by atoms with E-state index in [1.54, 1.807) is 5.57 Å². The average molecular weight is 489 g/mol. The molecule has 0 bridgehead atoms. The van der Waals surface area contributed by atoms with Gasteiger partial charge in [-0.05, 0) is 99.7 Å². The smallest absolute Gasteiger partial charge is 0.335 e. The number of carboxylic acids is 2. The van der Waals surface area contributed by atoms with Gasteiger partial charge < -0.3 is 15.3 Å². The molecule has 8 atom stereocenters. The first-order chi connectivity index (χ1) is 16.0. The topological polar surface area (TPSA) is 112 Å². The summed E-state index contributed by atoms with van der Waals surface area (Å²) >= 11 is 0. The molecule has 0 aromatic carbocycles. The second kappa shape index (κ2) is 8.16. The van der Waals surface area contributed by atoms with Crippen LogP contribution in [0.2, 0.25) is 0 Å². The van der Waals surface area contributed by atoms with Gasteiger partial charge in [-0.1, -0.05) is 38.8 Å². The van der Waals surface area contributed by atoms with Gasteiger partial charge in [0.1, 0.15) is 5.78 Å². The molecule has 4 aliphatic carbocycles. The molecule has 4 rings (SSSR count). The summed E-state index contributed by atoms with van der Waals surface area (Å²) in [6.07, 6.45) is 7.56. The second-order valence-electron chi connectivity index (χ2n) is 13.4. The first-order valence-corrected chi connectivity index (χ1v) is 13.5. The predicted molar refractivity (Wildman–Crippen MR) is 133 cm³/mol. The molecule has 2 fully saturated rings. The number of Topliss-reactive ketones (excluding diaryl/α,β-unsaturated/α-hetero) is 1. The van der Waals surface area contributed by atoms with Crippen molar-refractivity contribution in [2.45, 2.75) is 111 Å². The van der Waals surface area contributed by atoms with Gasteiger partial charge in [-0.15, -0.1) is 0 Å². The van der Waals surface area contributed by atoms with Crippen LogP contribution in [-0.2, 0) is 14.4 Å². The number of hydrogen-bond donors (Lipinski definition) is 3. The van der Waals surface area contributed by atoms with Crippen LogP contribution in [0.5, 0.6) is 0 Å². The number of hydrogen-bond acceptors (Lipinski definition) is 4. The highest BCUT2D eigenvalue weighted by Crippen LogP contribution is 2.73. The van der Waals surface area contributed by atoms with Gasteiger partial charge in [-0.3, -0.25) is 9.59 Å². The van der Waals surface area contributed by atoms with Gasteiger partial charge in [0.15, 0.2) is 5.60 Å². The lowest BCUT2D eigenvalue weighted by molar-refractivity contribution is -0.157. The van der Waals surface area contributed by atoms with E-state index in [4.69, 9.17) is 0 Å². The summed E-state index contributed by atoms with van der Waals surface area (Å²) in [5, 5.41) is 29.3. The summed E-state index contributed by atoms with van der Waals surface area (Å²) in [7, 11) is 0. The minimum absolute atomic E-state index is 0.00252. The van der Waals surface area contributed by atoms with Crippen molar-refractivity contribution >= 4 is 17.7 Å². The van der Waals surface area contributed by atoms with Crippen LogP contribution in [0.15, 0.2) is 11.1 Å². The maximum absolute atomic E-state index is 13.2. The Morgan fingerprint density at radius 3 is 2.23 bits per heavy atom. The molecule has 0 heterocycles. The molecule has 0 aromatic heterocycles. The number of allylic oxidation sites excluding steroid dienone is 2. The van der Waals surface area contributed by atoms with Gasteiger partial charge in [0, 0.05) is 12.3 Å². The Bertz CT molecular complexity index is 980. The number of carboxylic acid groups (broad SMARTS) is 2. The number of ketones is 1. The SMILES string of the molecule is C[C@H](C(=O)CC[C@](C)(O)C(=O)O)[C@H]1CC[C@@]2(C)C3=C(CC[C@]12C)[C@@]1(C)CC[C@@](C)(C(=O)O)[C@@H]1CC3. The quantitative estimate of drug-likeness (QED) is 0.401. The predicted octanol–water partition coefficient (Wildman–Crippen LogP) is 5.62. The van der Waals surface area contributed by atoms with Crippen LogP contribution in [0.4, 0.5) is 0 Å². The van der Waals surface area contributed by atoms with E-state index in [9.17, 15) is 29.7 Å². The molecule has 6 nitrogen and oxygen atoms in total. The lowest BCUT2D eigenvalue weighted by Crippen LogP contribution is -2.49. The molecule has 0 aliphatic heterocycles. The van der Waals surface area contributed by atoms with Crippen LogP contribution in [-0.4, -0.2) is 38.6 Å². The average Bonchev–Trinajstić information content (AvgIpc) is 3.22. The first kappa shape index (κ1) is 26.4. The minimum atomic E-state index is -1.88. The van der Waals surface area contributed by atoms with Gasteiger partial charge in [0.2, 0.25) is 0 Å². The van der Waals surface area contributed by atoms with E-state index in [2.05, 4.69) is 20.8 Å². The van der Waals surface area contributed by atoms with Crippen molar-refractivity contribution in [3.63, 3.8) is 0 Å². The molecule has 4 aliphatic rings. The highest BCUT2D eigenvalue weighted by Gasteiger charge is 2.65. The van der Waals surface area contributed by atoms with E-state index >= 15 is 0 Å². The minimum Gasteiger partial charge on any atom is -0.481 e. The third kappa shape index (κ3) is 3.56. The molecule has 0 radical (unpaired) electrons. The molecule has 0 aromatic rings. The lowest BCUT2D eigenvalue weighted by Gasteiger charge is -2.57.